The largest absolute Gasteiger partial charge is 0.490 e. The molecule has 0 saturated heterocycles. The highest BCUT2D eigenvalue weighted by Crippen LogP contribution is 2.31. The Balaban J connectivity index is 1.87. The summed E-state index contributed by atoms with van der Waals surface area (Å²) in [5, 5.41) is 2.58. The van der Waals surface area contributed by atoms with Crippen molar-refractivity contribution in [3.05, 3.63) is 66.7 Å². The van der Waals surface area contributed by atoms with Gasteiger partial charge in [-0.3, -0.25) is 4.79 Å². The summed E-state index contributed by atoms with van der Waals surface area (Å²) in [6, 6.07) is 11.0. The predicted molar refractivity (Wildman–Crippen MR) is 87.7 cm³/mol. The van der Waals surface area contributed by atoms with Crippen molar-refractivity contribution in [2.45, 2.75) is 6.18 Å². The number of carbonyl (C=O) groups excluding carboxylic acids is 1. The number of hydrogen-bond donors (Lipinski definition) is 1. The molecule has 0 aliphatic heterocycles. The van der Waals surface area contributed by atoms with Crippen molar-refractivity contribution in [1.29, 1.82) is 0 Å². The molecule has 4 nitrogen and oxygen atoms in total. The van der Waals surface area contributed by atoms with Crippen LogP contribution in [0.3, 0.4) is 0 Å². The Kier molecular flexibility index (Phi) is 6.05. The molecule has 1 N–H and O–H groups in total. The van der Waals surface area contributed by atoms with Crippen molar-refractivity contribution in [3.63, 3.8) is 0 Å². The van der Waals surface area contributed by atoms with Crippen LogP contribution in [0.4, 0.5) is 18.9 Å². The molecule has 0 fully saturated rings. The summed E-state index contributed by atoms with van der Waals surface area (Å²) in [5.41, 5.74) is -0.316. The molecule has 0 saturated carbocycles. The predicted octanol–water partition coefficient (Wildman–Crippen LogP) is 4.29. The number of ether oxygens (including phenoxy) is 2. The van der Waals surface area contributed by atoms with Crippen LogP contribution in [0.2, 0.25) is 0 Å². The van der Waals surface area contributed by atoms with Crippen LogP contribution in [-0.2, 0) is 11.0 Å². The van der Waals surface area contributed by atoms with Crippen LogP contribution in [0.1, 0.15) is 5.56 Å². The Morgan fingerprint density at radius 3 is 2.44 bits per heavy atom. The third-order valence-electron chi connectivity index (χ3n) is 3.04. The van der Waals surface area contributed by atoms with E-state index >= 15 is 0 Å². The van der Waals surface area contributed by atoms with Gasteiger partial charge in [0, 0.05) is 5.69 Å². The number of alkyl halides is 3. The van der Waals surface area contributed by atoms with Gasteiger partial charge in [0.1, 0.15) is 18.1 Å². The number of rotatable bonds is 7. The van der Waals surface area contributed by atoms with E-state index < -0.39 is 24.3 Å². The van der Waals surface area contributed by atoms with Gasteiger partial charge in [0.25, 0.3) is 5.91 Å². The molecule has 2 aromatic rings. The van der Waals surface area contributed by atoms with Gasteiger partial charge in [-0.1, -0.05) is 18.7 Å². The van der Waals surface area contributed by atoms with Crippen LogP contribution in [0, 0.1) is 0 Å². The average Bonchev–Trinajstić information content (AvgIpc) is 2.59. The first-order chi connectivity index (χ1) is 11.9. The summed E-state index contributed by atoms with van der Waals surface area (Å²) in [4.78, 5) is 11.8. The molecule has 1 amide bonds. The lowest BCUT2D eigenvalue weighted by Gasteiger charge is -2.11. The highest BCUT2D eigenvalue weighted by Gasteiger charge is 2.30. The van der Waals surface area contributed by atoms with Gasteiger partial charge in [-0.15, -0.1) is 0 Å². The third-order valence-corrected chi connectivity index (χ3v) is 3.04. The number of hydrogen-bond acceptors (Lipinski definition) is 3. The molecule has 132 valence electrons. The summed E-state index contributed by atoms with van der Waals surface area (Å²) >= 11 is 0. The van der Waals surface area contributed by atoms with Crippen molar-refractivity contribution in [2.24, 2.45) is 0 Å². The monoisotopic (exact) mass is 351 g/mol. The topological polar surface area (TPSA) is 47.6 Å². The quantitative estimate of drug-likeness (QED) is 0.757. The maximum Gasteiger partial charge on any atom is 0.416 e. The van der Waals surface area contributed by atoms with Gasteiger partial charge in [0.2, 0.25) is 0 Å². The molecule has 25 heavy (non-hydrogen) atoms. The van der Waals surface area contributed by atoms with E-state index in [2.05, 4.69) is 11.9 Å². The van der Waals surface area contributed by atoms with Gasteiger partial charge < -0.3 is 14.8 Å². The molecule has 0 spiro atoms. The second kappa shape index (κ2) is 8.23. The van der Waals surface area contributed by atoms with Crippen molar-refractivity contribution < 1.29 is 27.4 Å². The fourth-order valence-electron chi connectivity index (χ4n) is 1.90. The zero-order valence-corrected chi connectivity index (χ0v) is 13.2. The van der Waals surface area contributed by atoms with Gasteiger partial charge in [-0.05, 0) is 42.5 Å². The number of amides is 1. The SMILES string of the molecule is C=CCOc1ccc(NC(=O)COc2cccc(C(F)(F)F)c2)cc1. The molecule has 0 bridgehead atoms. The fourth-order valence-corrected chi connectivity index (χ4v) is 1.90. The Morgan fingerprint density at radius 2 is 1.80 bits per heavy atom. The molecular weight excluding hydrogens is 335 g/mol. The van der Waals surface area contributed by atoms with E-state index in [1.807, 2.05) is 0 Å². The molecule has 0 aliphatic rings. The molecule has 0 radical (unpaired) electrons. The summed E-state index contributed by atoms with van der Waals surface area (Å²) in [6.45, 7) is 3.50. The molecule has 2 aromatic carbocycles. The summed E-state index contributed by atoms with van der Waals surface area (Å²) in [7, 11) is 0. The van der Waals surface area contributed by atoms with E-state index in [0.29, 0.717) is 18.0 Å². The fraction of sp³-hybridized carbons (Fsp3) is 0.167. The number of benzene rings is 2. The molecular formula is C18H16F3NO3. The number of nitrogens with one attached hydrogen (secondary N) is 1. The Bertz CT molecular complexity index is 727. The van der Waals surface area contributed by atoms with Crippen LogP contribution >= 0.6 is 0 Å². The van der Waals surface area contributed by atoms with Crippen molar-refractivity contribution >= 4 is 11.6 Å². The second-order valence-corrected chi connectivity index (χ2v) is 4.99. The minimum Gasteiger partial charge on any atom is -0.490 e. The molecule has 0 heterocycles. The lowest BCUT2D eigenvalue weighted by atomic mass is 10.2. The maximum absolute atomic E-state index is 12.6. The Morgan fingerprint density at radius 1 is 1.08 bits per heavy atom. The minimum atomic E-state index is -4.46. The second-order valence-electron chi connectivity index (χ2n) is 4.99. The first-order valence-corrected chi connectivity index (χ1v) is 7.32. The van der Waals surface area contributed by atoms with Gasteiger partial charge in [-0.2, -0.15) is 13.2 Å². The zero-order chi connectivity index (χ0) is 18.3. The van der Waals surface area contributed by atoms with Crippen LogP contribution in [0.5, 0.6) is 11.5 Å². The normalized spacial score (nSPS) is 10.8. The highest BCUT2D eigenvalue weighted by molar-refractivity contribution is 5.91. The number of carbonyl (C=O) groups is 1. The lowest BCUT2D eigenvalue weighted by molar-refractivity contribution is -0.137. The molecule has 7 heteroatoms. The van der Waals surface area contributed by atoms with Crippen LogP contribution < -0.4 is 14.8 Å². The standard InChI is InChI=1S/C18H16F3NO3/c1-2-10-24-15-8-6-14(7-9-15)22-17(23)12-25-16-5-3-4-13(11-16)18(19,20)21/h2-9,11H,1,10,12H2,(H,22,23). The van der Waals surface area contributed by atoms with E-state index in [1.165, 1.54) is 12.1 Å². The maximum atomic E-state index is 12.6. The van der Waals surface area contributed by atoms with E-state index in [0.717, 1.165) is 12.1 Å². The molecule has 2 rings (SSSR count). The van der Waals surface area contributed by atoms with Crippen LogP contribution in [0.15, 0.2) is 61.2 Å². The van der Waals surface area contributed by atoms with Gasteiger partial charge in [0.05, 0.1) is 5.56 Å². The third kappa shape index (κ3) is 5.87. The van der Waals surface area contributed by atoms with Crippen LogP contribution in [-0.4, -0.2) is 19.1 Å². The van der Waals surface area contributed by atoms with Crippen molar-refractivity contribution in [2.75, 3.05) is 18.5 Å². The zero-order valence-electron chi connectivity index (χ0n) is 13.2. The first-order valence-electron chi connectivity index (χ1n) is 7.32. The summed E-state index contributed by atoms with van der Waals surface area (Å²) < 4.78 is 48.3. The van der Waals surface area contributed by atoms with E-state index in [-0.39, 0.29) is 5.75 Å². The van der Waals surface area contributed by atoms with E-state index in [1.54, 1.807) is 30.3 Å². The van der Waals surface area contributed by atoms with Crippen molar-refractivity contribution in [3.8, 4) is 11.5 Å². The number of anilines is 1. The first kappa shape index (κ1) is 18.4. The van der Waals surface area contributed by atoms with E-state index in [9.17, 15) is 18.0 Å². The molecule has 0 atom stereocenters. The van der Waals surface area contributed by atoms with Crippen LogP contribution in [0.25, 0.3) is 0 Å². The van der Waals surface area contributed by atoms with Gasteiger partial charge >= 0.3 is 6.18 Å². The molecule has 0 aliphatic carbocycles. The number of halogens is 3. The summed E-state index contributed by atoms with van der Waals surface area (Å²) in [5.74, 6) is 0.105. The highest BCUT2D eigenvalue weighted by atomic mass is 19.4. The van der Waals surface area contributed by atoms with Gasteiger partial charge in [0.15, 0.2) is 6.61 Å². The van der Waals surface area contributed by atoms with E-state index in [4.69, 9.17) is 9.47 Å². The van der Waals surface area contributed by atoms with Crippen molar-refractivity contribution in [1.82, 2.24) is 0 Å². The molecule has 0 aromatic heterocycles. The van der Waals surface area contributed by atoms with Gasteiger partial charge in [-0.25, -0.2) is 0 Å². The Hall–Kier alpha value is -2.96. The Labute approximate surface area is 142 Å². The lowest BCUT2D eigenvalue weighted by Crippen LogP contribution is -2.20. The average molecular weight is 351 g/mol. The smallest absolute Gasteiger partial charge is 0.416 e. The summed E-state index contributed by atoms with van der Waals surface area (Å²) in [6.07, 6.45) is -2.85. The molecule has 0 unspecified atom stereocenters. The minimum absolute atomic E-state index is 0.0295.